The number of urea groups is 1. The van der Waals surface area contributed by atoms with Crippen LogP contribution in [0.2, 0.25) is 0 Å². The summed E-state index contributed by atoms with van der Waals surface area (Å²) in [7, 11) is 1.62. The molecule has 210 valence electrons. The van der Waals surface area contributed by atoms with Gasteiger partial charge in [0.25, 0.3) is 5.91 Å². The van der Waals surface area contributed by atoms with Crippen molar-refractivity contribution in [2.75, 3.05) is 46.4 Å². The molecule has 4 heterocycles. The molecule has 10 nitrogen and oxygen atoms in total. The highest BCUT2D eigenvalue weighted by atomic mass is 16.5. The van der Waals surface area contributed by atoms with E-state index in [1.165, 1.54) is 4.90 Å². The molecule has 0 bridgehead atoms. The number of carbonyl (C=O) groups is 3. The molecule has 0 unspecified atom stereocenters. The summed E-state index contributed by atoms with van der Waals surface area (Å²) < 4.78 is 5.48. The fraction of sp³-hybridized carbons (Fsp3) is 0.433. The van der Waals surface area contributed by atoms with Gasteiger partial charge >= 0.3 is 6.03 Å². The molecule has 0 spiro atoms. The van der Waals surface area contributed by atoms with Gasteiger partial charge in [-0.05, 0) is 61.3 Å². The zero-order valence-corrected chi connectivity index (χ0v) is 23.1. The molecule has 2 N–H and O–H groups in total. The van der Waals surface area contributed by atoms with Crippen LogP contribution in [0.25, 0.3) is 10.9 Å². The second-order valence-corrected chi connectivity index (χ2v) is 11.2. The maximum absolute atomic E-state index is 14.0. The number of phenolic OH excluding ortho intramolecular Hbond substituents is 1. The third-order valence-corrected chi connectivity index (χ3v) is 8.73. The minimum atomic E-state index is -1.08. The van der Waals surface area contributed by atoms with Gasteiger partial charge in [-0.25, -0.2) is 4.79 Å². The summed E-state index contributed by atoms with van der Waals surface area (Å²) in [6, 6.07) is 11.8. The first-order chi connectivity index (χ1) is 19.2. The molecule has 10 heteroatoms. The highest BCUT2D eigenvalue weighted by Crippen LogP contribution is 2.49. The van der Waals surface area contributed by atoms with Crippen molar-refractivity contribution in [1.82, 2.24) is 24.6 Å². The smallest absolute Gasteiger partial charge is 0.328 e. The predicted molar refractivity (Wildman–Crippen MR) is 149 cm³/mol. The number of aromatic amines is 1. The van der Waals surface area contributed by atoms with Crippen LogP contribution < -0.4 is 4.74 Å². The van der Waals surface area contributed by atoms with E-state index < -0.39 is 11.6 Å². The average molecular weight is 546 g/mol. The van der Waals surface area contributed by atoms with Gasteiger partial charge < -0.3 is 19.7 Å². The molecule has 3 aromatic rings. The molecule has 3 aliphatic heterocycles. The van der Waals surface area contributed by atoms with Crippen molar-refractivity contribution < 1.29 is 24.2 Å². The molecule has 2 atom stereocenters. The van der Waals surface area contributed by atoms with Crippen molar-refractivity contribution in [2.45, 2.75) is 38.3 Å². The Morgan fingerprint density at radius 2 is 1.88 bits per heavy atom. The summed E-state index contributed by atoms with van der Waals surface area (Å²) in [5.74, 6) is 0.710. The fourth-order valence-electron chi connectivity index (χ4n) is 6.60. The molecule has 0 saturated carbocycles. The monoisotopic (exact) mass is 545 g/mol. The van der Waals surface area contributed by atoms with E-state index >= 15 is 0 Å². The summed E-state index contributed by atoms with van der Waals surface area (Å²) in [4.78, 5) is 50.4. The molecule has 0 radical (unpaired) electrons. The van der Waals surface area contributed by atoms with Gasteiger partial charge in [0.05, 0.1) is 7.11 Å². The Labute approximate surface area is 233 Å². The highest BCUT2D eigenvalue weighted by Gasteiger charge is 2.60. The number of piperazine rings is 1. The maximum atomic E-state index is 14.0. The third-order valence-electron chi connectivity index (χ3n) is 8.73. The predicted octanol–water partition coefficient (Wildman–Crippen LogP) is 3.10. The lowest BCUT2D eigenvalue weighted by molar-refractivity contribution is -0.133. The molecule has 6 rings (SSSR count). The second-order valence-electron chi connectivity index (χ2n) is 11.2. The van der Waals surface area contributed by atoms with Crippen LogP contribution in [0, 0.1) is 0 Å². The number of aromatic hydroxyl groups is 1. The van der Waals surface area contributed by atoms with Crippen molar-refractivity contribution in [3.63, 3.8) is 0 Å². The Hall–Kier alpha value is -4.05. The number of nitrogens with one attached hydrogen (secondary N) is 1. The molecule has 40 heavy (non-hydrogen) atoms. The number of H-pyrrole nitrogens is 1. The van der Waals surface area contributed by atoms with Gasteiger partial charge in [-0.2, -0.15) is 0 Å². The van der Waals surface area contributed by atoms with E-state index in [1.54, 1.807) is 37.1 Å². The average Bonchev–Trinajstić information content (AvgIpc) is 3.39. The van der Waals surface area contributed by atoms with Gasteiger partial charge in [0.1, 0.15) is 23.1 Å². The lowest BCUT2D eigenvalue weighted by Gasteiger charge is -2.42. The number of carbonyl (C=O) groups excluding carboxylic acids is 3. The van der Waals surface area contributed by atoms with Crippen molar-refractivity contribution >= 4 is 28.7 Å². The zero-order valence-electron chi connectivity index (χ0n) is 23.1. The summed E-state index contributed by atoms with van der Waals surface area (Å²) in [6.45, 7) is 7.49. The van der Waals surface area contributed by atoms with Gasteiger partial charge in [-0.15, -0.1) is 0 Å². The van der Waals surface area contributed by atoms with E-state index in [4.69, 9.17) is 4.74 Å². The van der Waals surface area contributed by atoms with E-state index in [1.807, 2.05) is 36.1 Å². The van der Waals surface area contributed by atoms with Crippen LogP contribution in [0.15, 0.2) is 42.5 Å². The molecule has 1 aromatic heterocycles. The minimum absolute atomic E-state index is 0.0927. The lowest BCUT2D eigenvalue weighted by atomic mass is 9.81. The molecular weight excluding hydrogens is 510 g/mol. The summed E-state index contributed by atoms with van der Waals surface area (Å²) in [6.07, 6.45) is 1.03. The second kappa shape index (κ2) is 9.85. The molecule has 4 amide bonds. The number of nitrogens with zero attached hydrogens (tertiary/aromatic N) is 4. The van der Waals surface area contributed by atoms with Gasteiger partial charge in [0, 0.05) is 62.7 Å². The summed E-state index contributed by atoms with van der Waals surface area (Å²) in [5, 5.41) is 11.3. The number of benzene rings is 2. The zero-order chi connectivity index (χ0) is 28.2. The van der Waals surface area contributed by atoms with Crippen LogP contribution in [0.5, 0.6) is 11.5 Å². The number of methoxy groups -OCH3 is 1. The minimum Gasteiger partial charge on any atom is -0.508 e. The Morgan fingerprint density at radius 1 is 1.10 bits per heavy atom. The van der Waals surface area contributed by atoms with Gasteiger partial charge in [-0.1, -0.05) is 12.1 Å². The molecular formula is C30H35N5O5. The van der Waals surface area contributed by atoms with Crippen molar-refractivity contribution in [3.8, 4) is 11.5 Å². The first-order valence-electron chi connectivity index (χ1n) is 13.8. The Bertz CT molecular complexity index is 1490. The lowest BCUT2D eigenvalue weighted by Crippen LogP contribution is -2.53. The number of aromatic nitrogens is 1. The Balaban J connectivity index is 1.31. The van der Waals surface area contributed by atoms with Crippen molar-refractivity contribution in [3.05, 3.63) is 59.3 Å². The van der Waals surface area contributed by atoms with E-state index in [0.29, 0.717) is 32.5 Å². The van der Waals surface area contributed by atoms with Crippen LogP contribution >= 0.6 is 0 Å². The molecule has 2 fully saturated rings. The number of fused-ring (bicyclic) bond motifs is 4. The molecule has 0 aliphatic carbocycles. The number of ether oxygens (including phenoxy) is 1. The van der Waals surface area contributed by atoms with Crippen LogP contribution in [0.3, 0.4) is 0 Å². The van der Waals surface area contributed by atoms with Crippen LogP contribution in [-0.2, 0) is 16.0 Å². The number of rotatable bonds is 6. The van der Waals surface area contributed by atoms with E-state index in [0.717, 1.165) is 53.1 Å². The SMILES string of the molecule is COc1ccc2[nH]c3c(c2c1)C[C@@]1(C)C(=O)N(CCCN2CCN(C(C)=O)CC2)C(=O)N1[C@@H]3c1cccc(O)c1. The highest BCUT2D eigenvalue weighted by molar-refractivity contribution is 6.08. The van der Waals surface area contributed by atoms with Gasteiger partial charge in [0.15, 0.2) is 0 Å². The third kappa shape index (κ3) is 4.18. The van der Waals surface area contributed by atoms with E-state index in [2.05, 4.69) is 9.88 Å². The van der Waals surface area contributed by atoms with Gasteiger partial charge in [-0.3, -0.25) is 24.3 Å². The number of hydrogen-bond acceptors (Lipinski definition) is 6. The number of amides is 4. The number of phenols is 1. The Morgan fingerprint density at radius 3 is 2.58 bits per heavy atom. The summed E-state index contributed by atoms with van der Waals surface area (Å²) >= 11 is 0. The largest absolute Gasteiger partial charge is 0.508 e. The van der Waals surface area contributed by atoms with Crippen LogP contribution in [-0.4, -0.2) is 99.5 Å². The quantitative estimate of drug-likeness (QED) is 0.461. The van der Waals surface area contributed by atoms with Gasteiger partial charge in [0.2, 0.25) is 5.91 Å². The van der Waals surface area contributed by atoms with Crippen LogP contribution in [0.4, 0.5) is 4.79 Å². The first kappa shape index (κ1) is 26.2. The topological polar surface area (TPSA) is 109 Å². The van der Waals surface area contributed by atoms with Crippen LogP contribution in [0.1, 0.15) is 43.1 Å². The molecule has 2 aromatic carbocycles. The normalized spacial score (nSPS) is 23.1. The fourth-order valence-corrected chi connectivity index (χ4v) is 6.60. The number of imide groups is 1. The molecule has 2 saturated heterocycles. The Kier molecular flexibility index (Phi) is 6.45. The summed E-state index contributed by atoms with van der Waals surface area (Å²) in [5.41, 5.74) is 2.38. The number of hydrogen-bond donors (Lipinski definition) is 2. The molecule has 3 aliphatic rings. The maximum Gasteiger partial charge on any atom is 0.328 e. The van der Waals surface area contributed by atoms with E-state index in [9.17, 15) is 19.5 Å². The van der Waals surface area contributed by atoms with Crippen molar-refractivity contribution in [2.24, 2.45) is 0 Å². The first-order valence-corrected chi connectivity index (χ1v) is 13.8. The van der Waals surface area contributed by atoms with E-state index in [-0.39, 0.29) is 23.6 Å². The standard InChI is InChI=1S/C30H35N5O5/c1-19(36)33-14-12-32(13-15-33)10-5-11-34-28(38)30(2)18-24-23-17-22(40-3)8-9-25(23)31-26(24)27(35(30)29(34)39)20-6-4-7-21(37)16-20/h4,6-9,16-17,27,31,37H,5,10-15,18H2,1-3H3/t27-,30+/m1/s1. The van der Waals surface area contributed by atoms with Crippen molar-refractivity contribution in [1.29, 1.82) is 0 Å².